The van der Waals surface area contributed by atoms with Gasteiger partial charge in [0.15, 0.2) is 0 Å². The van der Waals surface area contributed by atoms with Crippen LogP contribution < -0.4 is 4.90 Å². The highest BCUT2D eigenvalue weighted by Crippen LogP contribution is 2.35. The van der Waals surface area contributed by atoms with Gasteiger partial charge in [0.25, 0.3) is 0 Å². The highest BCUT2D eigenvalue weighted by atomic mass is 35.5. The van der Waals surface area contributed by atoms with E-state index < -0.39 is 0 Å². The maximum absolute atomic E-state index is 11.6. The summed E-state index contributed by atoms with van der Waals surface area (Å²) >= 11 is 17.8. The molecule has 1 saturated heterocycles. The number of halogens is 3. The zero-order valence-corrected chi connectivity index (χ0v) is 9.85. The minimum absolute atomic E-state index is 0.0648. The van der Waals surface area contributed by atoms with Crippen LogP contribution in [0.25, 0.3) is 0 Å². The predicted octanol–water partition coefficient (Wildman–Crippen LogP) is 2.73. The largest absolute Gasteiger partial charge is 0.308 e. The average Bonchev–Trinajstić information content (AvgIpc) is 2.45. The molecule has 0 saturated carbocycles. The van der Waals surface area contributed by atoms with Crippen LogP contribution in [0.3, 0.4) is 0 Å². The molecule has 1 amide bonds. The summed E-state index contributed by atoms with van der Waals surface area (Å²) in [4.78, 5) is 16.9. The topological polar surface area (TPSA) is 33.2 Å². The molecule has 1 aliphatic heterocycles. The van der Waals surface area contributed by atoms with Crippen molar-refractivity contribution in [1.29, 1.82) is 0 Å². The molecule has 1 atom stereocenters. The van der Waals surface area contributed by atoms with Crippen molar-refractivity contribution >= 4 is 46.4 Å². The number of carbonyl (C=O) groups excluding carboxylic acids is 1. The molecule has 1 unspecified atom stereocenters. The monoisotopic (exact) mass is 264 g/mol. The summed E-state index contributed by atoms with van der Waals surface area (Å²) < 4.78 is 0. The fourth-order valence-electron chi connectivity index (χ4n) is 1.54. The van der Waals surface area contributed by atoms with Gasteiger partial charge in [0.05, 0.1) is 21.1 Å². The van der Waals surface area contributed by atoms with Gasteiger partial charge >= 0.3 is 0 Å². The molecule has 2 rings (SSSR count). The molecule has 3 nitrogen and oxygen atoms in total. The Hall–Kier alpha value is -0.510. The van der Waals surface area contributed by atoms with Gasteiger partial charge in [0, 0.05) is 25.4 Å². The summed E-state index contributed by atoms with van der Waals surface area (Å²) in [5.74, 6) is -0.0648. The van der Waals surface area contributed by atoms with Crippen LogP contribution in [0.4, 0.5) is 5.69 Å². The van der Waals surface area contributed by atoms with E-state index in [1.54, 1.807) is 0 Å². The SMILES string of the molecule is O=C1CC(Cl)CN1c1c(Cl)cncc1Cl. The van der Waals surface area contributed by atoms with Crippen molar-refractivity contribution in [2.24, 2.45) is 0 Å². The zero-order chi connectivity index (χ0) is 11.0. The van der Waals surface area contributed by atoms with Crippen molar-refractivity contribution in [2.45, 2.75) is 11.8 Å². The van der Waals surface area contributed by atoms with Gasteiger partial charge in [0.2, 0.25) is 5.91 Å². The maximum atomic E-state index is 11.6. The molecule has 1 fully saturated rings. The summed E-state index contributed by atoms with van der Waals surface area (Å²) in [5, 5.41) is 0.543. The third-order valence-electron chi connectivity index (χ3n) is 2.18. The number of amides is 1. The maximum Gasteiger partial charge on any atom is 0.228 e. The summed E-state index contributed by atoms with van der Waals surface area (Å²) in [5.41, 5.74) is 0.501. The van der Waals surface area contributed by atoms with E-state index in [4.69, 9.17) is 34.8 Å². The Balaban J connectivity index is 2.41. The highest BCUT2D eigenvalue weighted by Gasteiger charge is 2.31. The first-order valence-corrected chi connectivity index (χ1v) is 5.52. The van der Waals surface area contributed by atoms with Crippen LogP contribution in [-0.4, -0.2) is 22.8 Å². The van der Waals surface area contributed by atoms with Crippen LogP contribution in [0.5, 0.6) is 0 Å². The number of rotatable bonds is 1. The van der Waals surface area contributed by atoms with Crippen molar-refractivity contribution in [3.05, 3.63) is 22.4 Å². The lowest BCUT2D eigenvalue weighted by Crippen LogP contribution is -2.25. The number of anilines is 1. The molecule has 1 aliphatic rings. The van der Waals surface area contributed by atoms with Crippen molar-refractivity contribution in [1.82, 2.24) is 4.98 Å². The van der Waals surface area contributed by atoms with Crippen LogP contribution in [0, 0.1) is 0 Å². The van der Waals surface area contributed by atoms with E-state index in [0.29, 0.717) is 28.7 Å². The summed E-state index contributed by atoms with van der Waals surface area (Å²) in [6.07, 6.45) is 3.23. The number of hydrogen-bond donors (Lipinski definition) is 0. The predicted molar refractivity (Wildman–Crippen MR) is 60.9 cm³/mol. The molecule has 0 aliphatic carbocycles. The number of nitrogens with zero attached hydrogens (tertiary/aromatic N) is 2. The molecule has 1 aromatic heterocycles. The fraction of sp³-hybridized carbons (Fsp3) is 0.333. The van der Waals surface area contributed by atoms with E-state index in [-0.39, 0.29) is 11.3 Å². The van der Waals surface area contributed by atoms with E-state index in [1.807, 2.05) is 0 Å². The summed E-state index contributed by atoms with van der Waals surface area (Å²) in [6, 6.07) is 0. The Labute approximate surface area is 102 Å². The molecule has 0 bridgehead atoms. The number of carbonyl (C=O) groups is 1. The first kappa shape index (κ1) is 11.0. The molecule has 0 N–H and O–H groups in total. The lowest BCUT2D eigenvalue weighted by Gasteiger charge is -2.18. The highest BCUT2D eigenvalue weighted by molar-refractivity contribution is 6.40. The van der Waals surface area contributed by atoms with Gasteiger partial charge in [-0.1, -0.05) is 23.2 Å². The Bertz CT molecular complexity index is 390. The van der Waals surface area contributed by atoms with Gasteiger partial charge in [-0.05, 0) is 0 Å². The van der Waals surface area contributed by atoms with E-state index in [9.17, 15) is 4.79 Å². The molecule has 15 heavy (non-hydrogen) atoms. The first-order valence-electron chi connectivity index (χ1n) is 4.33. The smallest absolute Gasteiger partial charge is 0.228 e. The van der Waals surface area contributed by atoms with Gasteiger partial charge in [-0.15, -0.1) is 11.6 Å². The second-order valence-electron chi connectivity index (χ2n) is 3.26. The van der Waals surface area contributed by atoms with Gasteiger partial charge < -0.3 is 4.90 Å². The molecule has 1 aromatic rings. The minimum atomic E-state index is -0.183. The molecule has 0 aromatic carbocycles. The lowest BCUT2D eigenvalue weighted by atomic mass is 10.3. The Kier molecular flexibility index (Phi) is 3.05. The first-order chi connectivity index (χ1) is 7.09. The second kappa shape index (κ2) is 4.16. The molecule has 6 heteroatoms. The molecular weight excluding hydrogens is 258 g/mol. The normalized spacial score (nSPS) is 21.1. The van der Waals surface area contributed by atoms with Crippen LogP contribution in [0.2, 0.25) is 10.0 Å². The van der Waals surface area contributed by atoms with Gasteiger partial charge in [-0.3, -0.25) is 9.78 Å². The second-order valence-corrected chi connectivity index (χ2v) is 4.69. The van der Waals surface area contributed by atoms with Crippen LogP contribution in [0.1, 0.15) is 6.42 Å². The Morgan fingerprint density at radius 1 is 1.33 bits per heavy atom. The van der Waals surface area contributed by atoms with Crippen LogP contribution >= 0.6 is 34.8 Å². The molecule has 0 spiro atoms. The van der Waals surface area contributed by atoms with E-state index in [0.717, 1.165) is 0 Å². The van der Waals surface area contributed by atoms with Crippen LogP contribution in [-0.2, 0) is 4.79 Å². The van der Waals surface area contributed by atoms with Crippen molar-refractivity contribution in [3.8, 4) is 0 Å². The third-order valence-corrected chi connectivity index (χ3v) is 3.02. The molecule has 0 radical (unpaired) electrons. The number of aromatic nitrogens is 1. The quantitative estimate of drug-likeness (QED) is 0.732. The standard InChI is InChI=1S/C9H7Cl3N2O/c10-5-1-8(15)14(4-5)9-6(11)2-13-3-7(9)12/h2-3,5H,1,4H2. The lowest BCUT2D eigenvalue weighted by molar-refractivity contribution is -0.117. The van der Waals surface area contributed by atoms with Gasteiger partial charge in [-0.2, -0.15) is 0 Å². The summed E-state index contributed by atoms with van der Waals surface area (Å²) in [6.45, 7) is 0.434. The minimum Gasteiger partial charge on any atom is -0.308 e. The van der Waals surface area contributed by atoms with Gasteiger partial charge in [0.1, 0.15) is 0 Å². The third kappa shape index (κ3) is 2.05. The van der Waals surface area contributed by atoms with E-state index in [2.05, 4.69) is 4.98 Å². The average molecular weight is 266 g/mol. The molecule has 2 heterocycles. The number of alkyl halides is 1. The van der Waals surface area contributed by atoms with Gasteiger partial charge in [-0.25, -0.2) is 0 Å². The molecule has 80 valence electrons. The Morgan fingerprint density at radius 3 is 2.40 bits per heavy atom. The van der Waals surface area contributed by atoms with E-state index >= 15 is 0 Å². The number of pyridine rings is 1. The van der Waals surface area contributed by atoms with Crippen molar-refractivity contribution in [2.75, 3.05) is 11.4 Å². The van der Waals surface area contributed by atoms with Crippen molar-refractivity contribution < 1.29 is 4.79 Å². The fourth-order valence-corrected chi connectivity index (χ4v) is 2.38. The number of hydrogen-bond acceptors (Lipinski definition) is 2. The van der Waals surface area contributed by atoms with Crippen molar-refractivity contribution in [3.63, 3.8) is 0 Å². The Morgan fingerprint density at radius 2 is 1.93 bits per heavy atom. The van der Waals surface area contributed by atoms with E-state index in [1.165, 1.54) is 17.3 Å². The van der Waals surface area contributed by atoms with Crippen LogP contribution in [0.15, 0.2) is 12.4 Å². The zero-order valence-electron chi connectivity index (χ0n) is 7.58. The summed E-state index contributed by atoms with van der Waals surface area (Å²) in [7, 11) is 0. The molecular formula is C9H7Cl3N2O.